The molecule has 0 radical (unpaired) electrons. The summed E-state index contributed by atoms with van der Waals surface area (Å²) in [5, 5.41) is 16.9. The highest BCUT2D eigenvalue weighted by Crippen LogP contribution is 2.40. The molecule has 2 unspecified atom stereocenters. The second kappa shape index (κ2) is 8.75. The average Bonchev–Trinajstić information content (AvgIpc) is 3.40. The lowest BCUT2D eigenvalue weighted by molar-refractivity contribution is 0.0617. The van der Waals surface area contributed by atoms with Crippen molar-refractivity contribution in [1.82, 2.24) is 25.3 Å². The zero-order chi connectivity index (χ0) is 22.1. The van der Waals surface area contributed by atoms with Gasteiger partial charge in [-0.15, -0.1) is 0 Å². The van der Waals surface area contributed by atoms with Crippen LogP contribution in [-0.4, -0.2) is 44.6 Å². The van der Waals surface area contributed by atoms with E-state index in [9.17, 15) is 4.79 Å². The Hall–Kier alpha value is -3.18. The number of imidazole rings is 1. The van der Waals surface area contributed by atoms with Crippen molar-refractivity contribution in [3.8, 4) is 6.07 Å². The number of carbonyl (C=O) groups is 1. The summed E-state index contributed by atoms with van der Waals surface area (Å²) in [5.74, 6) is 1.84. The zero-order valence-corrected chi connectivity index (χ0v) is 18.3. The van der Waals surface area contributed by atoms with Crippen LogP contribution in [0.1, 0.15) is 79.0 Å². The van der Waals surface area contributed by atoms with Crippen molar-refractivity contribution in [3.63, 3.8) is 0 Å². The van der Waals surface area contributed by atoms with Gasteiger partial charge in [-0.1, -0.05) is 5.16 Å². The number of carbonyl (C=O) groups excluding carboxylic acids is 1. The van der Waals surface area contributed by atoms with E-state index in [1.54, 1.807) is 18.2 Å². The van der Waals surface area contributed by atoms with Crippen LogP contribution in [0.15, 0.2) is 28.8 Å². The maximum absolute atomic E-state index is 13.3. The Morgan fingerprint density at radius 2 is 2.19 bits per heavy atom. The minimum atomic E-state index is -0.0848. The summed E-state index contributed by atoms with van der Waals surface area (Å²) in [7, 11) is 0. The van der Waals surface area contributed by atoms with E-state index in [4.69, 9.17) is 9.78 Å². The van der Waals surface area contributed by atoms with Gasteiger partial charge < -0.3 is 19.7 Å². The van der Waals surface area contributed by atoms with Crippen LogP contribution in [-0.2, 0) is 6.54 Å². The minimum absolute atomic E-state index is 0.0848. The van der Waals surface area contributed by atoms with Crippen LogP contribution >= 0.6 is 0 Å². The Bertz CT molecular complexity index is 1150. The number of hydrogen-bond acceptors (Lipinski definition) is 6. The molecule has 0 saturated heterocycles. The van der Waals surface area contributed by atoms with Gasteiger partial charge in [-0.3, -0.25) is 4.79 Å². The molecule has 1 amide bonds. The smallest absolute Gasteiger partial charge is 0.289 e. The van der Waals surface area contributed by atoms with E-state index in [1.165, 1.54) is 12.8 Å². The Kier molecular flexibility index (Phi) is 5.66. The van der Waals surface area contributed by atoms with Crippen molar-refractivity contribution < 1.29 is 9.32 Å². The third kappa shape index (κ3) is 4.26. The molecule has 32 heavy (non-hydrogen) atoms. The molecule has 2 heterocycles. The first kappa shape index (κ1) is 20.7. The molecule has 2 aliphatic carbocycles. The summed E-state index contributed by atoms with van der Waals surface area (Å²) < 4.78 is 5.45. The van der Waals surface area contributed by atoms with E-state index in [0.717, 1.165) is 37.1 Å². The maximum atomic E-state index is 13.3. The molecule has 8 nitrogen and oxygen atoms in total. The Morgan fingerprint density at radius 1 is 1.31 bits per heavy atom. The van der Waals surface area contributed by atoms with Crippen LogP contribution in [0.5, 0.6) is 0 Å². The van der Waals surface area contributed by atoms with Crippen LogP contribution < -0.4 is 5.32 Å². The molecule has 2 fully saturated rings. The third-order valence-electron chi connectivity index (χ3n) is 6.63. The van der Waals surface area contributed by atoms with Gasteiger partial charge in [0.25, 0.3) is 5.91 Å². The van der Waals surface area contributed by atoms with E-state index in [2.05, 4.69) is 32.6 Å². The molecule has 3 aromatic rings. The Balaban J connectivity index is 1.23. The average molecular weight is 433 g/mol. The topological polar surface area (TPSA) is 111 Å². The first-order valence-corrected chi connectivity index (χ1v) is 11.5. The zero-order valence-electron chi connectivity index (χ0n) is 18.3. The largest absolute Gasteiger partial charge is 0.361 e. The van der Waals surface area contributed by atoms with Crippen LogP contribution in [0.25, 0.3) is 11.0 Å². The highest BCUT2D eigenvalue weighted by molar-refractivity contribution is 5.94. The monoisotopic (exact) mass is 432 g/mol. The molecule has 2 N–H and O–H groups in total. The fourth-order valence-corrected chi connectivity index (χ4v) is 4.74. The molecule has 2 aromatic heterocycles. The molecule has 0 bridgehead atoms. The van der Waals surface area contributed by atoms with Gasteiger partial charge >= 0.3 is 0 Å². The summed E-state index contributed by atoms with van der Waals surface area (Å²) in [5.41, 5.74) is 2.91. The Morgan fingerprint density at radius 3 is 2.97 bits per heavy atom. The molecule has 0 spiro atoms. The van der Waals surface area contributed by atoms with Gasteiger partial charge in [-0.05, 0) is 63.6 Å². The fraction of sp³-hybridized carbons (Fsp3) is 0.500. The summed E-state index contributed by atoms with van der Waals surface area (Å²) >= 11 is 0. The highest BCUT2D eigenvalue weighted by atomic mass is 16.5. The summed E-state index contributed by atoms with van der Waals surface area (Å²) in [6, 6.07) is 9.92. The van der Waals surface area contributed by atoms with E-state index in [-0.39, 0.29) is 11.9 Å². The second-order valence-electron chi connectivity index (χ2n) is 8.91. The van der Waals surface area contributed by atoms with Crippen molar-refractivity contribution in [2.24, 2.45) is 0 Å². The number of aromatic amines is 1. The summed E-state index contributed by atoms with van der Waals surface area (Å²) in [6.07, 6.45) is 6.48. The molecule has 2 aliphatic rings. The predicted molar refractivity (Wildman–Crippen MR) is 119 cm³/mol. The number of nitrogens with one attached hydrogen (secondary N) is 2. The van der Waals surface area contributed by atoms with E-state index in [1.807, 2.05) is 11.8 Å². The second-order valence-corrected chi connectivity index (χ2v) is 8.91. The lowest BCUT2D eigenvalue weighted by Gasteiger charge is -2.37. The predicted octanol–water partition coefficient (Wildman–Crippen LogP) is 3.86. The molecule has 2 atom stereocenters. The van der Waals surface area contributed by atoms with Gasteiger partial charge in [0.1, 0.15) is 5.76 Å². The van der Waals surface area contributed by atoms with E-state index in [0.29, 0.717) is 47.5 Å². The summed E-state index contributed by atoms with van der Waals surface area (Å²) in [6.45, 7) is 3.34. The molecule has 0 aliphatic heterocycles. The number of nitriles is 1. The van der Waals surface area contributed by atoms with Gasteiger partial charge in [-0.2, -0.15) is 5.26 Å². The Labute approximate surface area is 187 Å². The first-order valence-electron chi connectivity index (χ1n) is 11.5. The number of H-pyrrole nitrogens is 1. The normalized spacial score (nSPS) is 20.9. The number of hydrogen-bond donors (Lipinski definition) is 2. The van der Waals surface area contributed by atoms with Crippen molar-refractivity contribution in [2.45, 2.75) is 70.0 Å². The number of amides is 1. The number of aromatic nitrogens is 3. The van der Waals surface area contributed by atoms with Crippen LogP contribution in [0.4, 0.5) is 0 Å². The van der Waals surface area contributed by atoms with Gasteiger partial charge in [0.15, 0.2) is 5.82 Å². The molecule has 2 saturated carbocycles. The highest BCUT2D eigenvalue weighted by Gasteiger charge is 2.31. The van der Waals surface area contributed by atoms with Crippen LogP contribution in [0.3, 0.4) is 0 Å². The number of nitrogens with zero attached hydrogens (tertiary/aromatic N) is 4. The molecular formula is C24H28N6O2. The van der Waals surface area contributed by atoms with Crippen molar-refractivity contribution in [1.29, 1.82) is 5.26 Å². The third-order valence-corrected chi connectivity index (χ3v) is 6.63. The van der Waals surface area contributed by atoms with E-state index < -0.39 is 0 Å². The lowest BCUT2D eigenvalue weighted by Crippen LogP contribution is -2.47. The van der Waals surface area contributed by atoms with Gasteiger partial charge in [0.2, 0.25) is 0 Å². The van der Waals surface area contributed by atoms with Crippen LogP contribution in [0.2, 0.25) is 0 Å². The lowest BCUT2D eigenvalue weighted by atomic mass is 9.89. The van der Waals surface area contributed by atoms with Gasteiger partial charge in [-0.25, -0.2) is 4.98 Å². The number of fused-ring (bicyclic) bond motifs is 1. The van der Waals surface area contributed by atoms with Gasteiger partial charge in [0, 0.05) is 37.2 Å². The molecular weight excluding hydrogens is 404 g/mol. The summed E-state index contributed by atoms with van der Waals surface area (Å²) in [4.78, 5) is 22.8. The number of rotatable bonds is 7. The first-order chi connectivity index (χ1) is 15.6. The minimum Gasteiger partial charge on any atom is -0.361 e. The molecule has 166 valence electrons. The van der Waals surface area contributed by atoms with Crippen molar-refractivity contribution >= 4 is 16.9 Å². The SMILES string of the molecule is CCN(C(=O)c1nc2ccc(C#N)cc2[nH]1)C1CCCC(NCc2cc(C3CC3)on2)C1. The van der Waals surface area contributed by atoms with Gasteiger partial charge in [0.05, 0.1) is 28.4 Å². The van der Waals surface area contributed by atoms with E-state index >= 15 is 0 Å². The molecule has 1 aromatic carbocycles. The van der Waals surface area contributed by atoms with Crippen molar-refractivity contribution in [3.05, 3.63) is 47.1 Å². The fourth-order valence-electron chi connectivity index (χ4n) is 4.74. The molecule has 5 rings (SSSR count). The van der Waals surface area contributed by atoms with Crippen molar-refractivity contribution in [2.75, 3.05) is 6.54 Å². The maximum Gasteiger partial charge on any atom is 0.289 e. The van der Waals surface area contributed by atoms with Crippen LogP contribution in [0, 0.1) is 11.3 Å². The number of benzene rings is 1. The molecule has 8 heteroatoms. The quantitative estimate of drug-likeness (QED) is 0.586. The standard InChI is InChI=1S/C24H28N6O2/c1-2-30(24(31)23-27-20-9-6-15(13-25)10-21(20)28-23)19-5-3-4-17(11-19)26-14-18-12-22(32-29-18)16-7-8-16/h6,9-10,12,16-17,19,26H,2-5,7-8,11,14H2,1H3,(H,27,28).